The maximum atomic E-state index is 13.3. The fourth-order valence-corrected chi connectivity index (χ4v) is 4.28. The van der Waals surface area contributed by atoms with Gasteiger partial charge in [0.2, 0.25) is 5.91 Å². The third kappa shape index (κ3) is 9.59. The number of aromatic amines is 1. The second-order valence-corrected chi connectivity index (χ2v) is 11.1. The van der Waals surface area contributed by atoms with Crippen LogP contribution in [0.25, 0.3) is 10.9 Å². The highest BCUT2D eigenvalue weighted by molar-refractivity contribution is 7.46. The molecule has 15 heteroatoms. The van der Waals surface area contributed by atoms with Crippen molar-refractivity contribution < 1.29 is 32.8 Å². The largest absolute Gasteiger partial charge is 0.493 e. The van der Waals surface area contributed by atoms with Crippen LogP contribution in [-0.4, -0.2) is 61.2 Å². The predicted octanol–water partition coefficient (Wildman–Crippen LogP) is 3.66. The Hall–Kier alpha value is -3.94. The lowest BCUT2D eigenvalue weighted by molar-refractivity contribution is -0.115. The van der Waals surface area contributed by atoms with E-state index in [2.05, 4.69) is 40.6 Å². The zero-order chi connectivity index (χ0) is 29.5. The predicted molar refractivity (Wildman–Crippen MR) is 150 cm³/mol. The molecule has 4 rings (SSSR count). The van der Waals surface area contributed by atoms with E-state index in [1.54, 1.807) is 38.1 Å². The number of halogens is 1. The molecule has 0 bridgehead atoms. The highest BCUT2D eigenvalue weighted by Crippen LogP contribution is 2.36. The molecule has 0 aliphatic carbocycles. The number of H-pyrrole nitrogens is 1. The summed E-state index contributed by atoms with van der Waals surface area (Å²) in [6.07, 6.45) is 2.08. The molecule has 0 saturated carbocycles. The SMILES string of the molecule is CC(C)(COP(=O)(O)O)NCCCOc1ccc2c(Nc3cc(CC(=O)Nc4cccc(F)c4)[nH]n3)ncnc2c1. The molecular formula is C26H31FN7O6P. The highest BCUT2D eigenvalue weighted by Gasteiger charge is 2.23. The highest BCUT2D eigenvalue weighted by atomic mass is 31.2. The second-order valence-electron chi connectivity index (χ2n) is 9.82. The molecule has 41 heavy (non-hydrogen) atoms. The first kappa shape index (κ1) is 30.0. The fraction of sp³-hybridized carbons (Fsp3) is 0.308. The summed E-state index contributed by atoms with van der Waals surface area (Å²) in [5, 5.41) is 16.7. The lowest BCUT2D eigenvalue weighted by atomic mass is 10.1. The Bertz CT molecular complexity index is 1540. The zero-order valence-corrected chi connectivity index (χ0v) is 23.3. The van der Waals surface area contributed by atoms with Gasteiger partial charge in [-0.3, -0.25) is 14.4 Å². The summed E-state index contributed by atoms with van der Waals surface area (Å²) in [5.41, 5.74) is 0.964. The number of phosphoric acid groups is 1. The number of amides is 1. The van der Waals surface area contributed by atoms with Crippen molar-refractivity contribution in [3.63, 3.8) is 0 Å². The average Bonchev–Trinajstić information content (AvgIpc) is 3.33. The number of anilines is 3. The van der Waals surface area contributed by atoms with Gasteiger partial charge in [0.05, 0.1) is 25.2 Å². The first-order valence-electron chi connectivity index (χ1n) is 12.7. The van der Waals surface area contributed by atoms with Gasteiger partial charge in [-0.15, -0.1) is 0 Å². The second kappa shape index (κ2) is 13.1. The number of benzene rings is 2. The molecule has 13 nitrogen and oxygen atoms in total. The van der Waals surface area contributed by atoms with Gasteiger partial charge in [0.15, 0.2) is 5.82 Å². The van der Waals surface area contributed by atoms with E-state index < -0.39 is 19.2 Å². The fourth-order valence-electron chi connectivity index (χ4n) is 3.79. The van der Waals surface area contributed by atoms with E-state index in [0.29, 0.717) is 53.9 Å². The third-order valence-corrected chi connectivity index (χ3v) is 6.20. The zero-order valence-electron chi connectivity index (χ0n) is 22.4. The van der Waals surface area contributed by atoms with Gasteiger partial charge in [-0.2, -0.15) is 5.10 Å². The van der Waals surface area contributed by atoms with E-state index in [9.17, 15) is 13.8 Å². The standard InChI is InChI=1S/C26H31FN7O6P/c1-26(2,15-40-41(36,37)38)30-9-4-10-39-20-7-8-21-22(14-20)28-16-29-25(21)32-23-12-19(33-34-23)13-24(35)31-18-6-3-5-17(27)11-18/h3,5-8,11-12,14,16,30H,4,9-10,13,15H2,1-2H3,(H,31,35)(H2,36,37,38)(H2,28,29,32,33,34). The molecule has 2 aromatic carbocycles. The maximum Gasteiger partial charge on any atom is 0.469 e. The maximum absolute atomic E-state index is 13.3. The summed E-state index contributed by atoms with van der Waals surface area (Å²) in [7, 11) is -4.52. The van der Waals surface area contributed by atoms with Crippen LogP contribution in [0.4, 0.5) is 21.7 Å². The number of aromatic nitrogens is 4. The number of nitrogens with zero attached hydrogens (tertiary/aromatic N) is 3. The number of fused-ring (bicyclic) bond motifs is 1. The van der Waals surface area contributed by atoms with Crippen molar-refractivity contribution in [1.82, 2.24) is 25.5 Å². The van der Waals surface area contributed by atoms with Gasteiger partial charge in [-0.05, 0) is 57.1 Å². The molecule has 0 fully saturated rings. The molecule has 218 valence electrons. The van der Waals surface area contributed by atoms with Crippen LogP contribution < -0.4 is 20.7 Å². The first-order chi connectivity index (χ1) is 19.5. The Labute approximate surface area is 235 Å². The number of nitrogens with one attached hydrogen (secondary N) is 4. The van der Waals surface area contributed by atoms with Gasteiger partial charge in [0.1, 0.15) is 23.7 Å². The van der Waals surface area contributed by atoms with Gasteiger partial charge < -0.3 is 30.5 Å². The summed E-state index contributed by atoms with van der Waals surface area (Å²) in [6, 6.07) is 12.8. The molecule has 0 spiro atoms. The normalized spacial score (nSPS) is 11.9. The van der Waals surface area contributed by atoms with E-state index in [1.807, 2.05) is 6.07 Å². The number of carbonyl (C=O) groups excluding carboxylic acids is 1. The third-order valence-electron chi connectivity index (χ3n) is 5.73. The molecule has 1 amide bonds. The number of hydrogen-bond donors (Lipinski definition) is 6. The molecular weight excluding hydrogens is 556 g/mol. The van der Waals surface area contributed by atoms with Crippen molar-refractivity contribution in [2.45, 2.75) is 32.2 Å². The van der Waals surface area contributed by atoms with Crippen molar-refractivity contribution in [3.8, 4) is 5.75 Å². The van der Waals surface area contributed by atoms with E-state index in [4.69, 9.17) is 14.5 Å². The number of hydrogen-bond acceptors (Lipinski definition) is 9. The lowest BCUT2D eigenvalue weighted by Gasteiger charge is -2.26. The van der Waals surface area contributed by atoms with Crippen LogP contribution in [0, 0.1) is 5.82 Å². The summed E-state index contributed by atoms with van der Waals surface area (Å²) < 4.78 is 34.6. The summed E-state index contributed by atoms with van der Waals surface area (Å²) in [4.78, 5) is 38.7. The van der Waals surface area contributed by atoms with E-state index in [0.717, 1.165) is 5.39 Å². The smallest absolute Gasteiger partial charge is 0.469 e. The molecule has 4 aromatic rings. The quantitative estimate of drug-likeness (QED) is 0.0935. The summed E-state index contributed by atoms with van der Waals surface area (Å²) >= 11 is 0. The molecule has 0 unspecified atom stereocenters. The van der Waals surface area contributed by atoms with Crippen molar-refractivity contribution in [2.75, 3.05) is 30.4 Å². The summed E-state index contributed by atoms with van der Waals surface area (Å²) in [5.74, 6) is 0.847. The molecule has 0 saturated heterocycles. The van der Waals surface area contributed by atoms with Crippen LogP contribution in [0.5, 0.6) is 5.75 Å². The van der Waals surface area contributed by atoms with Crippen LogP contribution in [-0.2, 0) is 20.3 Å². The number of ether oxygens (including phenoxy) is 1. The van der Waals surface area contributed by atoms with Gasteiger partial charge >= 0.3 is 7.82 Å². The van der Waals surface area contributed by atoms with Crippen LogP contribution in [0.3, 0.4) is 0 Å². The van der Waals surface area contributed by atoms with E-state index in [-0.39, 0.29) is 18.9 Å². The van der Waals surface area contributed by atoms with E-state index >= 15 is 0 Å². The molecule has 0 aliphatic heterocycles. The lowest BCUT2D eigenvalue weighted by Crippen LogP contribution is -2.44. The van der Waals surface area contributed by atoms with Crippen molar-refractivity contribution in [3.05, 3.63) is 66.4 Å². The van der Waals surface area contributed by atoms with Crippen molar-refractivity contribution in [1.29, 1.82) is 0 Å². The van der Waals surface area contributed by atoms with Gasteiger partial charge in [-0.25, -0.2) is 18.9 Å². The molecule has 2 aromatic heterocycles. The Morgan fingerprint density at radius 2 is 1.98 bits per heavy atom. The van der Waals surface area contributed by atoms with E-state index in [1.165, 1.54) is 24.5 Å². The van der Waals surface area contributed by atoms with Gasteiger partial charge in [0.25, 0.3) is 0 Å². The van der Waals surface area contributed by atoms with Gasteiger partial charge in [0, 0.05) is 34.4 Å². The first-order valence-corrected chi connectivity index (χ1v) is 14.2. The van der Waals surface area contributed by atoms with Crippen LogP contribution in [0.1, 0.15) is 26.0 Å². The summed E-state index contributed by atoms with van der Waals surface area (Å²) in [6.45, 7) is 4.40. The molecule has 0 radical (unpaired) electrons. The number of carbonyl (C=O) groups is 1. The minimum Gasteiger partial charge on any atom is -0.493 e. The number of phosphoric ester groups is 1. The molecule has 0 aliphatic rings. The van der Waals surface area contributed by atoms with Gasteiger partial charge in [-0.1, -0.05) is 6.07 Å². The Balaban J connectivity index is 1.28. The Morgan fingerprint density at radius 1 is 1.15 bits per heavy atom. The minimum absolute atomic E-state index is 0.0185. The van der Waals surface area contributed by atoms with Crippen molar-refractivity contribution in [2.24, 2.45) is 0 Å². The van der Waals surface area contributed by atoms with Crippen LogP contribution in [0.2, 0.25) is 0 Å². The average molecular weight is 588 g/mol. The Morgan fingerprint density at radius 3 is 2.76 bits per heavy atom. The number of rotatable bonds is 14. The minimum atomic E-state index is -4.52. The molecule has 2 heterocycles. The van der Waals surface area contributed by atoms with Crippen LogP contribution in [0.15, 0.2) is 54.9 Å². The Kier molecular flexibility index (Phi) is 9.63. The van der Waals surface area contributed by atoms with Crippen LogP contribution >= 0.6 is 7.82 Å². The van der Waals surface area contributed by atoms with Crippen molar-refractivity contribution >= 4 is 42.0 Å². The molecule has 6 N–H and O–H groups in total. The monoisotopic (exact) mass is 587 g/mol. The topological polar surface area (TPSA) is 184 Å². The molecule has 0 atom stereocenters.